The minimum absolute atomic E-state index is 1.04. The lowest BCUT2D eigenvalue weighted by molar-refractivity contribution is 1.26. The highest BCUT2D eigenvalue weighted by Gasteiger charge is 2.28. The molecule has 0 aliphatic heterocycles. The molecule has 0 spiro atoms. The van der Waals surface area contributed by atoms with Gasteiger partial charge in [-0.15, -0.1) is 0 Å². The number of aromatic nitrogens is 1. The zero-order valence-electron chi connectivity index (χ0n) is 29.1. The fourth-order valence-electron chi connectivity index (χ4n) is 9.54. The minimum Gasteiger partial charge on any atom is -0.252 e. The van der Waals surface area contributed by atoms with Gasteiger partial charge in [-0.1, -0.05) is 146 Å². The van der Waals surface area contributed by atoms with Crippen LogP contribution in [0.1, 0.15) is 5.69 Å². The third-order valence-electron chi connectivity index (χ3n) is 11.8. The minimum atomic E-state index is 1.04. The molecule has 2 aliphatic rings. The molecule has 9 aromatic carbocycles. The molecule has 0 amide bonds. The Bertz CT molecular complexity index is 3210. The molecule has 53 heavy (non-hydrogen) atoms. The number of pyridine rings is 1. The first-order valence-corrected chi connectivity index (χ1v) is 18.5. The molecule has 1 aromatic heterocycles. The summed E-state index contributed by atoms with van der Waals surface area (Å²) in [6.45, 7) is 2.13. The lowest BCUT2D eigenvalue weighted by Crippen LogP contribution is -1.93. The Kier molecular flexibility index (Phi) is 5.77. The number of hydrogen-bond donors (Lipinski definition) is 0. The van der Waals surface area contributed by atoms with E-state index in [1.54, 1.807) is 0 Å². The summed E-state index contributed by atoms with van der Waals surface area (Å²) < 4.78 is 0. The monoisotopic (exact) mass is 669 g/mol. The predicted octanol–water partition coefficient (Wildman–Crippen LogP) is 14.3. The van der Waals surface area contributed by atoms with Crippen LogP contribution in [0.25, 0.3) is 121 Å². The first-order valence-electron chi connectivity index (χ1n) is 18.5. The summed E-state index contributed by atoms with van der Waals surface area (Å²) in [6.07, 6.45) is 0. The molecule has 12 rings (SSSR count). The van der Waals surface area contributed by atoms with Crippen LogP contribution in [0.15, 0.2) is 170 Å². The van der Waals surface area contributed by atoms with E-state index in [0.29, 0.717) is 0 Å². The fourth-order valence-corrected chi connectivity index (χ4v) is 9.54. The van der Waals surface area contributed by atoms with Crippen LogP contribution in [0.3, 0.4) is 0 Å². The van der Waals surface area contributed by atoms with Crippen LogP contribution in [-0.2, 0) is 0 Å². The van der Waals surface area contributed by atoms with E-state index in [4.69, 9.17) is 4.98 Å². The molecule has 0 radical (unpaired) electrons. The summed E-state index contributed by atoms with van der Waals surface area (Å²) in [5.41, 5.74) is 19.9. The fraction of sp³-hybridized carbons (Fsp3) is 0.0192. The maximum atomic E-state index is 5.34. The van der Waals surface area contributed by atoms with Crippen molar-refractivity contribution >= 4 is 43.2 Å². The summed E-state index contributed by atoms with van der Waals surface area (Å²) in [6, 6.07) is 63.0. The standard InChI is InChI=1S/C52H31N/c1-30-26-47-36-17-9-8-16-35(36)40-24-25-42(52(53-30)51(40)47)46-28-45-41-23-22-34(32-14-6-3-7-15-32)49-39-19-11-10-18-37(39)48(50(41)49)29-44(45)38-21-20-33(27-43(38)46)31-12-4-2-5-13-31/h2-29H,1H3. The van der Waals surface area contributed by atoms with Gasteiger partial charge in [-0.25, -0.2) is 0 Å². The van der Waals surface area contributed by atoms with Gasteiger partial charge < -0.3 is 0 Å². The molecule has 1 nitrogen and oxygen atoms in total. The van der Waals surface area contributed by atoms with E-state index in [0.717, 1.165) is 11.2 Å². The van der Waals surface area contributed by atoms with Crippen LogP contribution in [0.4, 0.5) is 0 Å². The highest BCUT2D eigenvalue weighted by molar-refractivity contribution is 6.31. The van der Waals surface area contributed by atoms with Crippen molar-refractivity contribution < 1.29 is 0 Å². The van der Waals surface area contributed by atoms with E-state index in [1.165, 1.54) is 116 Å². The second kappa shape index (κ2) is 10.6. The average molecular weight is 670 g/mol. The molecule has 2 aliphatic carbocycles. The molecule has 0 atom stereocenters. The summed E-state index contributed by atoms with van der Waals surface area (Å²) in [4.78, 5) is 5.34. The Morgan fingerprint density at radius 3 is 1.64 bits per heavy atom. The van der Waals surface area contributed by atoms with E-state index in [2.05, 4.69) is 177 Å². The number of fused-ring (bicyclic) bond motifs is 10. The molecule has 1 heterocycles. The van der Waals surface area contributed by atoms with E-state index < -0.39 is 0 Å². The van der Waals surface area contributed by atoms with E-state index in [9.17, 15) is 0 Å². The Morgan fingerprint density at radius 1 is 0.302 bits per heavy atom. The van der Waals surface area contributed by atoms with Gasteiger partial charge in [0.1, 0.15) is 0 Å². The Labute approximate surface area is 307 Å². The van der Waals surface area contributed by atoms with Crippen molar-refractivity contribution in [3.63, 3.8) is 0 Å². The Balaban J connectivity index is 1.23. The van der Waals surface area contributed by atoms with Gasteiger partial charge in [0.25, 0.3) is 0 Å². The Morgan fingerprint density at radius 2 is 0.868 bits per heavy atom. The smallest absolute Gasteiger partial charge is 0.0796 e. The molecule has 0 unspecified atom stereocenters. The van der Waals surface area contributed by atoms with Gasteiger partial charge in [-0.2, -0.15) is 0 Å². The molecular weight excluding hydrogens is 639 g/mol. The van der Waals surface area contributed by atoms with Crippen LogP contribution >= 0.6 is 0 Å². The quantitative estimate of drug-likeness (QED) is 0.171. The van der Waals surface area contributed by atoms with Crippen molar-refractivity contribution in [2.24, 2.45) is 0 Å². The first kappa shape index (κ1) is 28.8. The molecule has 0 fully saturated rings. The van der Waals surface area contributed by atoms with Gasteiger partial charge in [-0.3, -0.25) is 4.98 Å². The summed E-state index contributed by atoms with van der Waals surface area (Å²) in [7, 11) is 0. The predicted molar refractivity (Wildman–Crippen MR) is 224 cm³/mol. The van der Waals surface area contributed by atoms with E-state index >= 15 is 0 Å². The number of aryl methyl sites for hydroxylation is 1. The maximum absolute atomic E-state index is 5.34. The summed E-state index contributed by atoms with van der Waals surface area (Å²) in [5, 5.41) is 8.95. The largest absolute Gasteiger partial charge is 0.252 e. The molecule has 244 valence electrons. The van der Waals surface area contributed by atoms with Crippen LogP contribution in [0, 0.1) is 6.92 Å². The zero-order chi connectivity index (χ0) is 34.8. The average Bonchev–Trinajstić information content (AvgIpc) is 3.72. The molecule has 0 bridgehead atoms. The van der Waals surface area contributed by atoms with Crippen molar-refractivity contribution in [3.8, 4) is 77.9 Å². The first-order chi connectivity index (χ1) is 26.2. The lowest BCUT2D eigenvalue weighted by atomic mass is 9.86. The van der Waals surface area contributed by atoms with Gasteiger partial charge >= 0.3 is 0 Å². The number of benzene rings is 9. The molecule has 10 aromatic rings. The third-order valence-corrected chi connectivity index (χ3v) is 11.8. The second-order valence-electron chi connectivity index (χ2n) is 14.6. The number of rotatable bonds is 3. The van der Waals surface area contributed by atoms with Gasteiger partial charge in [-0.05, 0) is 136 Å². The Hall–Kier alpha value is -6.83. The molecule has 0 N–H and O–H groups in total. The van der Waals surface area contributed by atoms with Gasteiger partial charge in [0.05, 0.1) is 5.52 Å². The SMILES string of the molecule is Cc1cc2c3c(ccc(-c4cc5c6ccc(-c7ccccc7)c7c6c(cc5c5ccc(-c6ccccc6)cc45)-c4ccccc4-7)c3n1)-c1ccccc1-2. The van der Waals surface area contributed by atoms with Crippen molar-refractivity contribution in [1.82, 2.24) is 4.98 Å². The number of nitrogens with zero attached hydrogens (tertiary/aromatic N) is 1. The van der Waals surface area contributed by atoms with E-state index in [1.807, 2.05) is 0 Å². The lowest BCUT2D eigenvalue weighted by Gasteiger charge is -2.18. The van der Waals surface area contributed by atoms with Gasteiger partial charge in [0.15, 0.2) is 0 Å². The summed E-state index contributed by atoms with van der Waals surface area (Å²) >= 11 is 0. The molecule has 0 saturated heterocycles. The van der Waals surface area contributed by atoms with Crippen molar-refractivity contribution in [1.29, 1.82) is 0 Å². The van der Waals surface area contributed by atoms with Crippen LogP contribution in [0.2, 0.25) is 0 Å². The van der Waals surface area contributed by atoms with Crippen molar-refractivity contribution in [2.45, 2.75) is 6.92 Å². The van der Waals surface area contributed by atoms with Crippen molar-refractivity contribution in [3.05, 3.63) is 176 Å². The number of hydrogen-bond acceptors (Lipinski definition) is 1. The molecule has 0 saturated carbocycles. The third kappa shape index (κ3) is 3.94. The molecular formula is C52H31N. The highest BCUT2D eigenvalue weighted by Crippen LogP contribution is 2.55. The zero-order valence-corrected chi connectivity index (χ0v) is 29.1. The van der Waals surface area contributed by atoms with Gasteiger partial charge in [0, 0.05) is 16.6 Å². The van der Waals surface area contributed by atoms with Crippen LogP contribution in [0.5, 0.6) is 0 Å². The normalized spacial score (nSPS) is 12.2. The van der Waals surface area contributed by atoms with Crippen LogP contribution < -0.4 is 0 Å². The molecule has 1 heteroatoms. The van der Waals surface area contributed by atoms with Gasteiger partial charge in [0.2, 0.25) is 0 Å². The highest BCUT2D eigenvalue weighted by atomic mass is 14.7. The van der Waals surface area contributed by atoms with Crippen LogP contribution in [-0.4, -0.2) is 4.98 Å². The topological polar surface area (TPSA) is 12.9 Å². The van der Waals surface area contributed by atoms with Crippen molar-refractivity contribution in [2.75, 3.05) is 0 Å². The maximum Gasteiger partial charge on any atom is 0.0796 e. The second-order valence-corrected chi connectivity index (χ2v) is 14.6. The van der Waals surface area contributed by atoms with E-state index in [-0.39, 0.29) is 0 Å². The summed E-state index contributed by atoms with van der Waals surface area (Å²) in [5.74, 6) is 0.